The molecule has 4 heteroatoms. The zero-order valence-corrected chi connectivity index (χ0v) is 9.02. The van der Waals surface area contributed by atoms with Crippen molar-refractivity contribution in [1.29, 1.82) is 5.26 Å². The number of aromatic nitrogens is 3. The average Bonchev–Trinajstić information content (AvgIpc) is 2.55. The van der Waals surface area contributed by atoms with Crippen LogP contribution in [-0.4, -0.2) is 14.6 Å². The topological polar surface area (TPSA) is 54.0 Å². The maximum atomic E-state index is 9.12. The van der Waals surface area contributed by atoms with E-state index in [1.54, 1.807) is 10.7 Å². The SMILES string of the molecule is CC(C)(C)c1nc2cccnn2c1C#N. The molecule has 0 spiro atoms. The molecule has 0 aliphatic heterocycles. The van der Waals surface area contributed by atoms with Crippen molar-refractivity contribution in [3.8, 4) is 6.07 Å². The third kappa shape index (κ3) is 1.46. The second kappa shape index (κ2) is 3.06. The second-order valence-electron chi connectivity index (χ2n) is 4.46. The fourth-order valence-corrected chi connectivity index (χ4v) is 1.51. The molecule has 0 amide bonds. The van der Waals surface area contributed by atoms with Crippen LogP contribution in [0.4, 0.5) is 0 Å². The van der Waals surface area contributed by atoms with Crippen molar-refractivity contribution in [1.82, 2.24) is 14.6 Å². The molecular weight excluding hydrogens is 188 g/mol. The van der Waals surface area contributed by atoms with E-state index in [1.807, 2.05) is 32.9 Å². The van der Waals surface area contributed by atoms with E-state index in [4.69, 9.17) is 5.26 Å². The number of hydrogen-bond donors (Lipinski definition) is 0. The van der Waals surface area contributed by atoms with Gasteiger partial charge in [-0.15, -0.1) is 0 Å². The van der Waals surface area contributed by atoms with Crippen molar-refractivity contribution in [2.45, 2.75) is 26.2 Å². The lowest BCUT2D eigenvalue weighted by molar-refractivity contribution is 0.570. The minimum atomic E-state index is -0.140. The molecule has 0 radical (unpaired) electrons. The van der Waals surface area contributed by atoms with Crippen LogP contribution in [-0.2, 0) is 5.41 Å². The lowest BCUT2D eigenvalue weighted by atomic mass is 9.91. The Morgan fingerprint density at radius 2 is 2.13 bits per heavy atom. The summed E-state index contributed by atoms with van der Waals surface area (Å²) in [5.41, 5.74) is 1.90. The number of nitriles is 1. The van der Waals surface area contributed by atoms with Gasteiger partial charge in [0.2, 0.25) is 0 Å². The summed E-state index contributed by atoms with van der Waals surface area (Å²) in [5, 5.41) is 13.2. The molecule has 0 unspecified atom stereocenters. The average molecular weight is 200 g/mol. The van der Waals surface area contributed by atoms with Crippen LogP contribution >= 0.6 is 0 Å². The van der Waals surface area contributed by atoms with Gasteiger partial charge in [0, 0.05) is 11.6 Å². The number of imidazole rings is 1. The molecule has 0 saturated heterocycles. The molecule has 4 nitrogen and oxygen atoms in total. The monoisotopic (exact) mass is 200 g/mol. The molecule has 2 aromatic heterocycles. The number of fused-ring (bicyclic) bond motifs is 1. The molecule has 0 aliphatic rings. The summed E-state index contributed by atoms with van der Waals surface area (Å²) in [6.07, 6.45) is 1.65. The molecule has 0 saturated carbocycles. The van der Waals surface area contributed by atoms with Crippen LogP contribution in [0.5, 0.6) is 0 Å². The summed E-state index contributed by atoms with van der Waals surface area (Å²) >= 11 is 0. The highest BCUT2D eigenvalue weighted by Crippen LogP contribution is 2.24. The highest BCUT2D eigenvalue weighted by molar-refractivity contribution is 5.47. The molecule has 76 valence electrons. The summed E-state index contributed by atoms with van der Waals surface area (Å²) in [4.78, 5) is 4.43. The Hall–Kier alpha value is -1.89. The molecule has 2 rings (SSSR count). The Bertz CT molecular complexity index is 540. The lowest BCUT2D eigenvalue weighted by Gasteiger charge is -2.14. The van der Waals surface area contributed by atoms with Crippen LogP contribution in [0, 0.1) is 11.3 Å². The van der Waals surface area contributed by atoms with Gasteiger partial charge < -0.3 is 0 Å². The molecule has 2 heterocycles. The van der Waals surface area contributed by atoms with Gasteiger partial charge >= 0.3 is 0 Å². The number of nitrogens with zero attached hydrogens (tertiary/aromatic N) is 4. The first-order chi connectivity index (χ1) is 7.04. The third-order valence-corrected chi connectivity index (χ3v) is 2.21. The molecule has 0 atom stereocenters. The molecule has 2 aromatic rings. The first kappa shape index (κ1) is 9.66. The number of rotatable bonds is 0. The molecule has 0 N–H and O–H groups in total. The quantitative estimate of drug-likeness (QED) is 0.652. The van der Waals surface area contributed by atoms with Crippen LogP contribution < -0.4 is 0 Å². The Morgan fingerprint density at radius 3 is 2.73 bits per heavy atom. The Morgan fingerprint density at radius 1 is 1.40 bits per heavy atom. The maximum Gasteiger partial charge on any atom is 0.166 e. The summed E-state index contributed by atoms with van der Waals surface area (Å²) in [5.74, 6) is 0. The third-order valence-electron chi connectivity index (χ3n) is 2.21. The van der Waals surface area contributed by atoms with Gasteiger partial charge in [0.25, 0.3) is 0 Å². The highest BCUT2D eigenvalue weighted by Gasteiger charge is 2.24. The maximum absolute atomic E-state index is 9.12. The predicted molar refractivity (Wildman–Crippen MR) is 56.4 cm³/mol. The Labute approximate surface area is 88.2 Å². The number of hydrogen-bond acceptors (Lipinski definition) is 3. The minimum absolute atomic E-state index is 0.140. The summed E-state index contributed by atoms with van der Waals surface area (Å²) in [7, 11) is 0. The molecule has 15 heavy (non-hydrogen) atoms. The van der Waals surface area contributed by atoms with E-state index in [1.165, 1.54) is 0 Å². The lowest BCUT2D eigenvalue weighted by Crippen LogP contribution is -2.13. The molecular formula is C11H12N4. The van der Waals surface area contributed by atoms with Crippen molar-refractivity contribution < 1.29 is 0 Å². The van der Waals surface area contributed by atoms with Gasteiger partial charge in [-0.05, 0) is 12.1 Å². The van der Waals surface area contributed by atoms with Crippen molar-refractivity contribution >= 4 is 5.65 Å². The van der Waals surface area contributed by atoms with Crippen molar-refractivity contribution in [3.05, 3.63) is 29.7 Å². The van der Waals surface area contributed by atoms with E-state index in [9.17, 15) is 0 Å². The van der Waals surface area contributed by atoms with Crippen molar-refractivity contribution in [2.75, 3.05) is 0 Å². The van der Waals surface area contributed by atoms with Crippen LogP contribution in [0.3, 0.4) is 0 Å². The van der Waals surface area contributed by atoms with E-state index in [2.05, 4.69) is 16.2 Å². The molecule has 0 fully saturated rings. The Balaban J connectivity index is 2.83. The fraction of sp³-hybridized carbons (Fsp3) is 0.364. The molecule has 0 bridgehead atoms. The Kier molecular flexibility index (Phi) is 1.97. The van der Waals surface area contributed by atoms with E-state index in [0.717, 1.165) is 11.3 Å². The van der Waals surface area contributed by atoms with Crippen LogP contribution in [0.15, 0.2) is 18.3 Å². The standard InChI is InChI=1S/C11H12N4/c1-11(2,3)10-8(7-12)15-9(14-10)5-4-6-13-15/h4-6H,1-3H3. The smallest absolute Gasteiger partial charge is 0.166 e. The van der Waals surface area contributed by atoms with Gasteiger partial charge in [-0.25, -0.2) is 9.50 Å². The molecule has 0 aliphatic carbocycles. The summed E-state index contributed by atoms with van der Waals surface area (Å²) in [6.45, 7) is 6.11. The van der Waals surface area contributed by atoms with Crippen molar-refractivity contribution in [3.63, 3.8) is 0 Å². The van der Waals surface area contributed by atoms with E-state index < -0.39 is 0 Å². The zero-order chi connectivity index (χ0) is 11.1. The fourth-order valence-electron chi connectivity index (χ4n) is 1.51. The first-order valence-electron chi connectivity index (χ1n) is 4.78. The first-order valence-corrected chi connectivity index (χ1v) is 4.78. The zero-order valence-electron chi connectivity index (χ0n) is 9.02. The van der Waals surface area contributed by atoms with Gasteiger partial charge in [-0.1, -0.05) is 20.8 Å². The van der Waals surface area contributed by atoms with Gasteiger partial charge in [0.15, 0.2) is 11.3 Å². The van der Waals surface area contributed by atoms with Gasteiger partial charge in [0.05, 0.1) is 5.69 Å². The largest absolute Gasteiger partial charge is 0.230 e. The summed E-state index contributed by atoms with van der Waals surface area (Å²) < 4.78 is 1.58. The summed E-state index contributed by atoms with van der Waals surface area (Å²) in [6, 6.07) is 5.83. The highest BCUT2D eigenvalue weighted by atomic mass is 15.3. The van der Waals surface area contributed by atoms with Gasteiger partial charge in [-0.3, -0.25) is 0 Å². The second-order valence-corrected chi connectivity index (χ2v) is 4.46. The van der Waals surface area contributed by atoms with Gasteiger partial charge in [-0.2, -0.15) is 10.4 Å². The van der Waals surface area contributed by atoms with Crippen LogP contribution in [0.1, 0.15) is 32.2 Å². The van der Waals surface area contributed by atoms with Crippen molar-refractivity contribution in [2.24, 2.45) is 0 Å². The van der Waals surface area contributed by atoms with Crippen LogP contribution in [0.2, 0.25) is 0 Å². The normalized spacial score (nSPS) is 11.6. The van der Waals surface area contributed by atoms with E-state index in [0.29, 0.717) is 5.69 Å². The predicted octanol–water partition coefficient (Wildman–Crippen LogP) is 1.90. The van der Waals surface area contributed by atoms with Crippen LogP contribution in [0.25, 0.3) is 5.65 Å². The van der Waals surface area contributed by atoms with Gasteiger partial charge in [0.1, 0.15) is 6.07 Å². The minimum Gasteiger partial charge on any atom is -0.230 e. The van der Waals surface area contributed by atoms with E-state index in [-0.39, 0.29) is 5.41 Å². The molecule has 0 aromatic carbocycles. The van der Waals surface area contributed by atoms with E-state index >= 15 is 0 Å².